The fourth-order valence-electron chi connectivity index (χ4n) is 3.92. The molecule has 0 radical (unpaired) electrons. The molecule has 0 amide bonds. The fourth-order valence-corrected chi connectivity index (χ4v) is 5.37. The maximum absolute atomic E-state index is 14.0. The van der Waals surface area contributed by atoms with Gasteiger partial charge in [-0.15, -0.1) is 0 Å². The number of fused-ring (bicyclic) bond motifs is 3. The zero-order chi connectivity index (χ0) is 25.4. The van der Waals surface area contributed by atoms with Crippen LogP contribution in [0.25, 0.3) is 11.2 Å². The summed E-state index contributed by atoms with van der Waals surface area (Å²) in [5.41, 5.74) is 7.77. The Morgan fingerprint density at radius 1 is 1.05 bits per heavy atom. The van der Waals surface area contributed by atoms with Crippen molar-refractivity contribution in [3.8, 4) is 28.7 Å². The number of rotatable bonds is 9. The Morgan fingerprint density at radius 2 is 1.84 bits per heavy atom. The lowest BCUT2D eigenvalue weighted by atomic mass is 10.3. The normalized spacial score (nSPS) is 15.9. The van der Waals surface area contributed by atoms with E-state index in [4.69, 9.17) is 33.7 Å². The van der Waals surface area contributed by atoms with Crippen LogP contribution in [0.15, 0.2) is 49.1 Å². The zero-order valence-electron chi connectivity index (χ0n) is 19.7. The number of hydrogen-bond donors (Lipinski definition) is 2. The zero-order valence-corrected chi connectivity index (χ0v) is 20.6. The molecule has 3 N–H and O–H groups in total. The van der Waals surface area contributed by atoms with Gasteiger partial charge in [-0.1, -0.05) is 0 Å². The van der Waals surface area contributed by atoms with Crippen LogP contribution in [0.2, 0.25) is 0 Å². The summed E-state index contributed by atoms with van der Waals surface area (Å²) in [7, 11) is -3.88. The molecule has 14 heteroatoms. The van der Waals surface area contributed by atoms with Gasteiger partial charge in [0.05, 0.1) is 24.7 Å². The second-order valence-electron chi connectivity index (χ2n) is 8.37. The molecule has 13 nitrogen and oxygen atoms in total. The maximum atomic E-state index is 14.0. The molecule has 2 atom stereocenters. The van der Waals surface area contributed by atoms with E-state index in [9.17, 15) is 4.57 Å². The van der Waals surface area contributed by atoms with Crippen LogP contribution in [-0.4, -0.2) is 45.5 Å². The van der Waals surface area contributed by atoms with Crippen molar-refractivity contribution >= 4 is 30.3 Å². The Kier molecular flexibility index (Phi) is 5.85. The Bertz CT molecular complexity index is 1450. The van der Waals surface area contributed by atoms with Gasteiger partial charge in [0.2, 0.25) is 6.79 Å². The van der Waals surface area contributed by atoms with Gasteiger partial charge in [-0.25, -0.2) is 19.5 Å². The molecule has 0 bridgehead atoms. The molecule has 2 unspecified atom stereocenters. The van der Waals surface area contributed by atoms with Crippen molar-refractivity contribution in [2.75, 3.05) is 30.9 Å². The quantitative estimate of drug-likeness (QED) is 0.306. The summed E-state index contributed by atoms with van der Waals surface area (Å²) < 4.78 is 49.7. The smallest absolute Gasteiger partial charge is 0.456 e. The van der Waals surface area contributed by atoms with E-state index >= 15 is 0 Å². The standard InChI is InChI=1S/C23H23N6O7P/c1-14(8-29-10-27-21-22(24)25-9-26-23(21)29)34-13-37(30,35-15-2-4-17-19(6-15)31-11-28-17)36-16-3-5-18-20(7-16)33-12-32-18/h2-7,9-10,14,28H,8,11-13H2,1H3,(H2,24,25,26). The van der Waals surface area contributed by atoms with Gasteiger partial charge in [0, 0.05) is 12.1 Å². The molecule has 4 aromatic rings. The molecule has 2 aromatic heterocycles. The van der Waals surface area contributed by atoms with E-state index in [0.717, 1.165) is 5.69 Å². The number of nitrogens with two attached hydrogens (primary N) is 1. The molecule has 192 valence electrons. The van der Waals surface area contributed by atoms with Crippen molar-refractivity contribution in [1.29, 1.82) is 0 Å². The topological polar surface area (TPSA) is 154 Å². The summed E-state index contributed by atoms with van der Waals surface area (Å²) in [5.74, 6) is 2.55. The summed E-state index contributed by atoms with van der Waals surface area (Å²) in [4.78, 5) is 12.5. The predicted molar refractivity (Wildman–Crippen MR) is 132 cm³/mol. The van der Waals surface area contributed by atoms with Gasteiger partial charge >= 0.3 is 7.60 Å². The summed E-state index contributed by atoms with van der Waals surface area (Å²) in [6, 6.07) is 10.0. The molecule has 4 heterocycles. The highest BCUT2D eigenvalue weighted by atomic mass is 31.2. The van der Waals surface area contributed by atoms with Crippen LogP contribution in [0.5, 0.6) is 28.7 Å². The fraction of sp³-hybridized carbons (Fsp3) is 0.261. The second kappa shape index (κ2) is 9.34. The summed E-state index contributed by atoms with van der Waals surface area (Å²) in [5, 5.41) is 3.08. The van der Waals surface area contributed by atoms with Crippen LogP contribution in [0.4, 0.5) is 11.5 Å². The number of nitrogens with one attached hydrogen (secondary N) is 1. The van der Waals surface area contributed by atoms with E-state index < -0.39 is 13.7 Å². The van der Waals surface area contributed by atoms with Crippen LogP contribution in [0.1, 0.15) is 6.92 Å². The molecular weight excluding hydrogens is 503 g/mol. The van der Waals surface area contributed by atoms with Gasteiger partial charge in [0.15, 0.2) is 36.0 Å². The number of benzene rings is 2. The average molecular weight is 526 g/mol. The molecule has 2 aromatic carbocycles. The third kappa shape index (κ3) is 4.78. The number of nitrogens with zero attached hydrogens (tertiary/aromatic N) is 4. The average Bonchev–Trinajstić information content (AvgIpc) is 3.63. The lowest BCUT2D eigenvalue weighted by molar-refractivity contribution is 0.0780. The van der Waals surface area contributed by atoms with Crippen molar-refractivity contribution in [2.45, 2.75) is 19.6 Å². The van der Waals surface area contributed by atoms with Crippen molar-refractivity contribution in [3.63, 3.8) is 0 Å². The van der Waals surface area contributed by atoms with Crippen molar-refractivity contribution in [2.24, 2.45) is 0 Å². The summed E-state index contributed by atoms with van der Waals surface area (Å²) in [6.07, 6.45) is 2.24. The first-order chi connectivity index (χ1) is 18.0. The van der Waals surface area contributed by atoms with Crippen molar-refractivity contribution in [3.05, 3.63) is 49.1 Å². The number of nitrogen functional groups attached to an aromatic ring is 1. The Labute approximate surface area is 211 Å². The summed E-state index contributed by atoms with van der Waals surface area (Å²) in [6.45, 7) is 2.66. The molecule has 2 aliphatic rings. The van der Waals surface area contributed by atoms with Crippen LogP contribution in [0.3, 0.4) is 0 Å². The third-order valence-corrected chi connectivity index (χ3v) is 7.12. The van der Waals surface area contributed by atoms with E-state index in [-0.39, 0.29) is 18.9 Å². The van der Waals surface area contributed by atoms with Gasteiger partial charge in [-0.2, -0.15) is 0 Å². The maximum Gasteiger partial charge on any atom is 0.456 e. The number of ether oxygens (including phenoxy) is 4. The molecule has 0 aliphatic carbocycles. The first-order valence-electron chi connectivity index (χ1n) is 11.4. The Morgan fingerprint density at radius 3 is 2.70 bits per heavy atom. The van der Waals surface area contributed by atoms with E-state index in [2.05, 4.69) is 20.3 Å². The predicted octanol–water partition coefficient (Wildman–Crippen LogP) is 3.61. The first kappa shape index (κ1) is 23.2. The van der Waals surface area contributed by atoms with Crippen molar-refractivity contribution in [1.82, 2.24) is 19.5 Å². The van der Waals surface area contributed by atoms with Gasteiger partial charge in [-0.3, -0.25) is 0 Å². The Balaban J connectivity index is 1.20. The van der Waals surface area contributed by atoms with Crippen molar-refractivity contribution < 1.29 is 32.6 Å². The van der Waals surface area contributed by atoms with E-state index in [0.29, 0.717) is 53.3 Å². The largest absolute Gasteiger partial charge is 0.471 e. The van der Waals surface area contributed by atoms with Crippen LogP contribution < -0.4 is 34.3 Å². The highest BCUT2D eigenvalue weighted by Crippen LogP contribution is 2.51. The molecule has 2 aliphatic heterocycles. The van der Waals surface area contributed by atoms with Crippen LogP contribution in [0, 0.1) is 0 Å². The SMILES string of the molecule is CC(Cn1cnc2c(N)ncnc21)OCP(=O)(Oc1ccc2c(c1)OCN2)Oc1ccc2c(c1)OCO2. The lowest BCUT2D eigenvalue weighted by Gasteiger charge is -2.22. The van der Waals surface area contributed by atoms with Crippen LogP contribution in [-0.2, 0) is 15.8 Å². The third-order valence-electron chi connectivity index (χ3n) is 5.68. The minimum atomic E-state index is -3.88. The molecule has 0 saturated heterocycles. The molecule has 0 saturated carbocycles. The number of anilines is 2. The van der Waals surface area contributed by atoms with Gasteiger partial charge < -0.3 is 43.6 Å². The van der Waals surface area contributed by atoms with E-state index in [1.54, 1.807) is 47.3 Å². The van der Waals surface area contributed by atoms with Gasteiger partial charge in [0.1, 0.15) is 29.1 Å². The highest BCUT2D eigenvalue weighted by molar-refractivity contribution is 7.54. The van der Waals surface area contributed by atoms with Gasteiger partial charge in [0.25, 0.3) is 0 Å². The first-order valence-corrected chi connectivity index (χ1v) is 13.1. The Hall–Kier alpha value is -4.22. The number of hydrogen-bond acceptors (Lipinski definition) is 12. The number of aromatic nitrogens is 4. The molecule has 0 spiro atoms. The molecule has 6 rings (SSSR count). The molecular formula is C23H23N6O7P. The summed E-state index contributed by atoms with van der Waals surface area (Å²) >= 11 is 0. The monoisotopic (exact) mass is 526 g/mol. The number of imidazole rings is 1. The lowest BCUT2D eigenvalue weighted by Crippen LogP contribution is -2.19. The van der Waals surface area contributed by atoms with Crippen LogP contribution >= 0.6 is 7.60 Å². The molecule has 37 heavy (non-hydrogen) atoms. The minimum Gasteiger partial charge on any atom is -0.471 e. The van der Waals surface area contributed by atoms with E-state index in [1.807, 2.05) is 6.92 Å². The van der Waals surface area contributed by atoms with Gasteiger partial charge in [-0.05, 0) is 31.2 Å². The minimum absolute atomic E-state index is 0.107. The highest BCUT2D eigenvalue weighted by Gasteiger charge is 2.31. The van der Waals surface area contributed by atoms with E-state index in [1.165, 1.54) is 6.33 Å². The second-order valence-corrected chi connectivity index (χ2v) is 10.2. The molecule has 0 fully saturated rings.